The van der Waals surface area contributed by atoms with Gasteiger partial charge >= 0.3 is 0 Å². The third kappa shape index (κ3) is 5.35. The van der Waals surface area contributed by atoms with Gasteiger partial charge in [-0.05, 0) is 7.05 Å². The summed E-state index contributed by atoms with van der Waals surface area (Å²) in [4.78, 5) is 18.0. The highest BCUT2D eigenvalue weighted by atomic mass is 16.5. The standard InChI is InChI=1S/C12H23N5O2/c1-9(2)10-14-11(16-15-10)12(18)13-5-6-17(3)7-8-19-4/h9H,5-8H2,1-4H3,(H,13,18)(H,14,15,16). The zero-order valence-corrected chi connectivity index (χ0v) is 12.1. The summed E-state index contributed by atoms with van der Waals surface area (Å²) in [5.41, 5.74) is 0. The van der Waals surface area contributed by atoms with Crippen LogP contribution in [-0.4, -0.2) is 66.4 Å². The number of likely N-dealkylation sites (N-methyl/N-ethyl adjacent to an activating group) is 1. The molecular formula is C12H23N5O2. The number of nitrogens with one attached hydrogen (secondary N) is 2. The van der Waals surface area contributed by atoms with Crippen molar-refractivity contribution in [2.45, 2.75) is 19.8 Å². The number of nitrogens with zero attached hydrogens (tertiary/aromatic N) is 3. The molecule has 0 bridgehead atoms. The molecule has 1 amide bonds. The number of methoxy groups -OCH3 is 1. The van der Waals surface area contributed by atoms with Gasteiger partial charge < -0.3 is 15.0 Å². The smallest absolute Gasteiger partial charge is 0.291 e. The largest absolute Gasteiger partial charge is 0.383 e. The summed E-state index contributed by atoms with van der Waals surface area (Å²) in [6, 6.07) is 0. The SMILES string of the molecule is COCCN(C)CCNC(=O)c1n[nH]c(C(C)C)n1. The molecule has 1 heterocycles. The average Bonchev–Trinajstić information content (AvgIpc) is 2.86. The molecular weight excluding hydrogens is 246 g/mol. The summed E-state index contributed by atoms with van der Waals surface area (Å²) in [6.07, 6.45) is 0. The Kier molecular flexibility index (Phi) is 6.44. The fourth-order valence-electron chi connectivity index (χ4n) is 1.43. The first-order chi connectivity index (χ1) is 9.04. The van der Waals surface area contributed by atoms with Gasteiger partial charge in [0, 0.05) is 32.7 Å². The van der Waals surface area contributed by atoms with Crippen molar-refractivity contribution in [3.05, 3.63) is 11.6 Å². The van der Waals surface area contributed by atoms with E-state index >= 15 is 0 Å². The minimum atomic E-state index is -0.247. The summed E-state index contributed by atoms with van der Waals surface area (Å²) < 4.78 is 4.98. The molecule has 0 atom stereocenters. The van der Waals surface area contributed by atoms with Gasteiger partial charge in [-0.1, -0.05) is 13.8 Å². The molecule has 7 heteroatoms. The van der Waals surface area contributed by atoms with Crippen molar-refractivity contribution in [1.82, 2.24) is 25.4 Å². The van der Waals surface area contributed by atoms with Gasteiger partial charge in [-0.15, -0.1) is 5.10 Å². The van der Waals surface area contributed by atoms with Crippen LogP contribution in [0.15, 0.2) is 0 Å². The molecule has 7 nitrogen and oxygen atoms in total. The highest BCUT2D eigenvalue weighted by molar-refractivity contribution is 5.90. The van der Waals surface area contributed by atoms with E-state index in [1.165, 1.54) is 0 Å². The van der Waals surface area contributed by atoms with Gasteiger partial charge in [-0.2, -0.15) is 0 Å². The highest BCUT2D eigenvalue weighted by Gasteiger charge is 2.13. The molecule has 0 aliphatic carbocycles. The second kappa shape index (κ2) is 7.85. The fraction of sp³-hybridized carbons (Fsp3) is 0.750. The predicted molar refractivity (Wildman–Crippen MR) is 72.2 cm³/mol. The minimum absolute atomic E-state index is 0.197. The summed E-state index contributed by atoms with van der Waals surface area (Å²) in [5.74, 6) is 0.906. The van der Waals surface area contributed by atoms with Crippen molar-refractivity contribution >= 4 is 5.91 Å². The summed E-state index contributed by atoms with van der Waals surface area (Å²) in [7, 11) is 3.65. The van der Waals surface area contributed by atoms with Gasteiger partial charge in [0.15, 0.2) is 0 Å². The van der Waals surface area contributed by atoms with E-state index in [9.17, 15) is 4.79 Å². The molecule has 0 aliphatic heterocycles. The number of carbonyl (C=O) groups excluding carboxylic acids is 1. The third-order valence-corrected chi connectivity index (χ3v) is 2.71. The number of aromatic nitrogens is 3. The Morgan fingerprint density at radius 2 is 2.21 bits per heavy atom. The Balaban J connectivity index is 2.30. The van der Waals surface area contributed by atoms with Crippen LogP contribution in [0, 0.1) is 0 Å². The zero-order chi connectivity index (χ0) is 14.3. The van der Waals surface area contributed by atoms with Crippen molar-refractivity contribution in [1.29, 1.82) is 0 Å². The van der Waals surface area contributed by atoms with E-state index in [2.05, 4.69) is 25.4 Å². The first-order valence-electron chi connectivity index (χ1n) is 6.42. The van der Waals surface area contributed by atoms with Gasteiger partial charge in [-0.3, -0.25) is 9.89 Å². The van der Waals surface area contributed by atoms with E-state index < -0.39 is 0 Å². The molecule has 0 radical (unpaired) electrons. The zero-order valence-electron chi connectivity index (χ0n) is 12.1. The maximum Gasteiger partial charge on any atom is 0.291 e. The number of hydrogen-bond acceptors (Lipinski definition) is 5. The number of hydrogen-bond donors (Lipinski definition) is 2. The molecule has 1 aromatic rings. The molecule has 0 aromatic carbocycles. The predicted octanol–water partition coefficient (Wildman–Crippen LogP) is 0.236. The summed E-state index contributed by atoms with van der Waals surface area (Å²) >= 11 is 0. The number of H-pyrrole nitrogens is 1. The van der Waals surface area contributed by atoms with Crippen molar-refractivity contribution in [2.24, 2.45) is 0 Å². The molecule has 19 heavy (non-hydrogen) atoms. The number of carbonyl (C=O) groups is 1. The van der Waals surface area contributed by atoms with Crippen molar-refractivity contribution in [3.8, 4) is 0 Å². The maximum atomic E-state index is 11.8. The lowest BCUT2D eigenvalue weighted by molar-refractivity contribution is 0.0937. The van der Waals surface area contributed by atoms with Crippen LogP contribution in [0.1, 0.15) is 36.2 Å². The molecule has 0 aliphatic rings. The first kappa shape index (κ1) is 15.6. The molecule has 1 rings (SSSR count). The Labute approximate surface area is 113 Å². The Morgan fingerprint density at radius 3 is 2.79 bits per heavy atom. The van der Waals surface area contributed by atoms with Crippen LogP contribution in [0.3, 0.4) is 0 Å². The van der Waals surface area contributed by atoms with E-state index in [1.54, 1.807) is 7.11 Å². The van der Waals surface area contributed by atoms with Gasteiger partial charge in [0.2, 0.25) is 5.82 Å². The fourth-order valence-corrected chi connectivity index (χ4v) is 1.43. The van der Waals surface area contributed by atoms with Gasteiger partial charge in [0.25, 0.3) is 5.91 Å². The Morgan fingerprint density at radius 1 is 1.47 bits per heavy atom. The average molecular weight is 269 g/mol. The van der Waals surface area contributed by atoms with Gasteiger partial charge in [-0.25, -0.2) is 4.98 Å². The summed E-state index contributed by atoms with van der Waals surface area (Å²) in [5, 5.41) is 9.46. The lowest BCUT2D eigenvalue weighted by Crippen LogP contribution is -2.34. The molecule has 0 spiro atoms. The molecule has 0 unspecified atom stereocenters. The van der Waals surface area contributed by atoms with Crippen molar-refractivity contribution in [2.75, 3.05) is 40.4 Å². The van der Waals surface area contributed by atoms with Crippen LogP contribution in [0.4, 0.5) is 0 Å². The number of ether oxygens (including phenoxy) is 1. The Bertz CT molecular complexity index is 391. The maximum absolute atomic E-state index is 11.8. The van der Waals surface area contributed by atoms with Gasteiger partial charge in [0.05, 0.1) is 6.61 Å². The van der Waals surface area contributed by atoms with E-state index in [0.717, 1.165) is 18.9 Å². The topological polar surface area (TPSA) is 83.1 Å². The van der Waals surface area contributed by atoms with Crippen LogP contribution in [-0.2, 0) is 4.74 Å². The second-order valence-electron chi connectivity index (χ2n) is 4.75. The number of aromatic amines is 1. The van der Waals surface area contributed by atoms with Crippen LogP contribution >= 0.6 is 0 Å². The van der Waals surface area contributed by atoms with E-state index in [1.807, 2.05) is 20.9 Å². The van der Waals surface area contributed by atoms with Crippen LogP contribution < -0.4 is 5.32 Å². The minimum Gasteiger partial charge on any atom is -0.383 e. The lowest BCUT2D eigenvalue weighted by atomic mass is 10.2. The molecule has 0 saturated heterocycles. The highest BCUT2D eigenvalue weighted by Crippen LogP contribution is 2.07. The molecule has 108 valence electrons. The Hall–Kier alpha value is -1.47. The molecule has 1 aromatic heterocycles. The molecule has 0 saturated carbocycles. The second-order valence-corrected chi connectivity index (χ2v) is 4.75. The van der Waals surface area contributed by atoms with E-state index in [0.29, 0.717) is 13.2 Å². The van der Waals surface area contributed by atoms with E-state index in [-0.39, 0.29) is 17.6 Å². The van der Waals surface area contributed by atoms with Crippen LogP contribution in [0.2, 0.25) is 0 Å². The normalized spacial score (nSPS) is 11.3. The number of amides is 1. The first-order valence-corrected chi connectivity index (χ1v) is 6.42. The van der Waals surface area contributed by atoms with Gasteiger partial charge in [0.1, 0.15) is 5.82 Å². The quantitative estimate of drug-likeness (QED) is 0.706. The van der Waals surface area contributed by atoms with Crippen molar-refractivity contribution < 1.29 is 9.53 Å². The monoisotopic (exact) mass is 269 g/mol. The molecule has 0 fully saturated rings. The lowest BCUT2D eigenvalue weighted by Gasteiger charge is -2.15. The van der Waals surface area contributed by atoms with E-state index in [4.69, 9.17) is 4.74 Å². The molecule has 2 N–H and O–H groups in total. The summed E-state index contributed by atoms with van der Waals surface area (Å²) in [6.45, 7) is 6.83. The van der Waals surface area contributed by atoms with Crippen LogP contribution in [0.5, 0.6) is 0 Å². The van der Waals surface area contributed by atoms with Crippen molar-refractivity contribution in [3.63, 3.8) is 0 Å². The third-order valence-electron chi connectivity index (χ3n) is 2.71. The van der Waals surface area contributed by atoms with Crippen LogP contribution in [0.25, 0.3) is 0 Å². The number of rotatable bonds is 8.